The van der Waals surface area contributed by atoms with E-state index in [0.717, 1.165) is 23.4 Å². The number of rotatable bonds is 5. The van der Waals surface area contributed by atoms with Gasteiger partial charge >= 0.3 is 12.3 Å². The van der Waals surface area contributed by atoms with E-state index in [-0.39, 0.29) is 5.91 Å². The van der Waals surface area contributed by atoms with Gasteiger partial charge in [0.05, 0.1) is 12.7 Å². The molecule has 2 aromatic rings. The van der Waals surface area contributed by atoms with Crippen LogP contribution in [0.5, 0.6) is 5.75 Å². The van der Waals surface area contributed by atoms with Gasteiger partial charge in [0.25, 0.3) is 0 Å². The number of amides is 2. The lowest BCUT2D eigenvalue weighted by molar-refractivity contribution is -0.138. The Morgan fingerprint density at radius 2 is 1.59 bits per heavy atom. The van der Waals surface area contributed by atoms with Crippen molar-refractivity contribution in [1.29, 1.82) is 0 Å². The number of benzene rings is 2. The number of methoxy groups -OCH3 is 1. The van der Waals surface area contributed by atoms with Crippen molar-refractivity contribution in [2.75, 3.05) is 33.8 Å². The quantitative estimate of drug-likeness (QED) is 0.495. The molecule has 0 bridgehead atoms. The Morgan fingerprint density at radius 3 is 2.10 bits per heavy atom. The molecular weight excluding hydrogens is 511 g/mol. The van der Waals surface area contributed by atoms with Gasteiger partial charge in [-0.05, 0) is 82.5 Å². The number of nitrogens with zero attached hydrogens (tertiary/aromatic N) is 3. The van der Waals surface area contributed by atoms with Crippen molar-refractivity contribution in [3.05, 3.63) is 65.2 Å². The monoisotopic (exact) mass is 547 g/mol. The van der Waals surface area contributed by atoms with Crippen LogP contribution in [-0.2, 0) is 22.1 Å². The number of halogens is 3. The van der Waals surface area contributed by atoms with Crippen molar-refractivity contribution < 1.29 is 32.2 Å². The minimum absolute atomic E-state index is 0.0766. The summed E-state index contributed by atoms with van der Waals surface area (Å²) in [6.07, 6.45) is -4.03. The van der Waals surface area contributed by atoms with Crippen LogP contribution in [0.1, 0.15) is 56.5 Å². The molecule has 10 heteroatoms. The molecule has 0 aliphatic carbocycles. The largest absolute Gasteiger partial charge is 0.497 e. The smallest absolute Gasteiger partial charge is 0.416 e. The van der Waals surface area contributed by atoms with Gasteiger partial charge in [-0.1, -0.05) is 24.3 Å². The molecule has 2 aliphatic rings. The number of likely N-dealkylation sites (N-methyl/N-ethyl adjacent to an activating group) is 1. The van der Waals surface area contributed by atoms with Gasteiger partial charge < -0.3 is 19.3 Å². The first-order chi connectivity index (χ1) is 18.2. The van der Waals surface area contributed by atoms with E-state index < -0.39 is 35.1 Å². The predicted octanol–water partition coefficient (Wildman–Crippen LogP) is 5.50. The molecule has 7 nitrogen and oxygen atoms in total. The van der Waals surface area contributed by atoms with E-state index >= 15 is 0 Å². The van der Waals surface area contributed by atoms with Crippen LogP contribution in [0.2, 0.25) is 0 Å². The molecule has 1 atom stereocenters. The Kier molecular flexibility index (Phi) is 7.89. The molecule has 0 radical (unpaired) electrons. The van der Waals surface area contributed by atoms with Gasteiger partial charge in [-0.15, -0.1) is 0 Å². The van der Waals surface area contributed by atoms with Crippen LogP contribution in [0.3, 0.4) is 0 Å². The second-order valence-corrected chi connectivity index (χ2v) is 11.2. The van der Waals surface area contributed by atoms with Crippen molar-refractivity contribution in [2.24, 2.45) is 0 Å². The molecule has 2 heterocycles. The summed E-state index contributed by atoms with van der Waals surface area (Å²) in [6.45, 7) is 6.49. The van der Waals surface area contributed by atoms with Crippen LogP contribution in [0.4, 0.5) is 18.0 Å². The molecule has 1 spiro atoms. The SMILES string of the molecule is COc1ccc(CCN2C(=O)C3(CCN(C(=O)OC(C)(C)C)CC3)N(C)[C@H]2c2ccc(C(F)(F)F)cc2)cc1. The van der Waals surface area contributed by atoms with Crippen LogP contribution in [-0.4, -0.2) is 71.6 Å². The van der Waals surface area contributed by atoms with Gasteiger partial charge in [-0.2, -0.15) is 13.2 Å². The summed E-state index contributed by atoms with van der Waals surface area (Å²) >= 11 is 0. The highest BCUT2D eigenvalue weighted by molar-refractivity contribution is 5.89. The minimum atomic E-state index is -4.44. The summed E-state index contributed by atoms with van der Waals surface area (Å²) in [5.41, 5.74) is -0.606. The maximum atomic E-state index is 14.1. The Morgan fingerprint density at radius 1 is 1.00 bits per heavy atom. The molecule has 2 aromatic carbocycles. The molecule has 39 heavy (non-hydrogen) atoms. The van der Waals surface area contributed by atoms with E-state index in [4.69, 9.17) is 9.47 Å². The van der Waals surface area contributed by atoms with E-state index in [9.17, 15) is 22.8 Å². The van der Waals surface area contributed by atoms with Crippen molar-refractivity contribution in [3.63, 3.8) is 0 Å². The lowest BCUT2D eigenvalue weighted by Gasteiger charge is -2.42. The van der Waals surface area contributed by atoms with Gasteiger partial charge in [-0.25, -0.2) is 4.79 Å². The molecule has 0 saturated carbocycles. The number of carbonyl (C=O) groups is 2. The Bertz CT molecular complexity index is 1170. The molecular formula is C29H36F3N3O4. The lowest BCUT2D eigenvalue weighted by Crippen LogP contribution is -2.56. The maximum Gasteiger partial charge on any atom is 0.416 e. The number of piperidine rings is 1. The minimum Gasteiger partial charge on any atom is -0.497 e. The molecule has 2 aliphatic heterocycles. The van der Waals surface area contributed by atoms with Crippen molar-refractivity contribution >= 4 is 12.0 Å². The fourth-order valence-electron chi connectivity index (χ4n) is 5.44. The first kappa shape index (κ1) is 28.7. The topological polar surface area (TPSA) is 62.3 Å². The van der Waals surface area contributed by atoms with E-state index in [0.29, 0.717) is 44.5 Å². The number of hydrogen-bond donors (Lipinski definition) is 0. The molecule has 0 unspecified atom stereocenters. The van der Waals surface area contributed by atoms with Gasteiger partial charge in [-0.3, -0.25) is 9.69 Å². The summed E-state index contributed by atoms with van der Waals surface area (Å²) in [7, 11) is 3.44. The van der Waals surface area contributed by atoms with Gasteiger partial charge in [0, 0.05) is 19.6 Å². The van der Waals surface area contributed by atoms with Gasteiger partial charge in [0.1, 0.15) is 23.1 Å². The van der Waals surface area contributed by atoms with E-state index in [1.807, 2.05) is 36.2 Å². The molecule has 0 N–H and O–H groups in total. The van der Waals surface area contributed by atoms with Crippen LogP contribution in [0, 0.1) is 0 Å². The second kappa shape index (κ2) is 10.7. The highest BCUT2D eigenvalue weighted by Crippen LogP contribution is 2.45. The summed E-state index contributed by atoms with van der Waals surface area (Å²) in [4.78, 5) is 32.1. The molecule has 0 aromatic heterocycles. The molecule has 2 amide bonds. The average Bonchev–Trinajstić information content (AvgIpc) is 3.08. The summed E-state index contributed by atoms with van der Waals surface area (Å²) < 4.78 is 50.5. The number of carbonyl (C=O) groups excluding carboxylic acids is 2. The van der Waals surface area contributed by atoms with E-state index in [1.54, 1.807) is 37.7 Å². The van der Waals surface area contributed by atoms with Crippen molar-refractivity contribution in [1.82, 2.24) is 14.7 Å². The first-order valence-electron chi connectivity index (χ1n) is 13.1. The summed E-state index contributed by atoms with van der Waals surface area (Å²) in [5.74, 6) is 0.654. The van der Waals surface area contributed by atoms with Crippen LogP contribution in [0.15, 0.2) is 48.5 Å². The number of likely N-dealkylation sites (tertiary alicyclic amines) is 1. The Labute approximate surface area is 227 Å². The third kappa shape index (κ3) is 6.00. The molecule has 4 rings (SSSR count). The zero-order valence-corrected chi connectivity index (χ0v) is 23.0. The number of ether oxygens (including phenoxy) is 2. The summed E-state index contributed by atoms with van der Waals surface area (Å²) in [5, 5.41) is 0. The Hall–Kier alpha value is -3.27. The van der Waals surface area contributed by atoms with Crippen LogP contribution >= 0.6 is 0 Å². The zero-order valence-electron chi connectivity index (χ0n) is 23.0. The third-order valence-corrected chi connectivity index (χ3v) is 7.58. The third-order valence-electron chi connectivity index (χ3n) is 7.58. The van der Waals surface area contributed by atoms with E-state index in [1.165, 1.54) is 12.1 Å². The predicted molar refractivity (Wildman–Crippen MR) is 140 cm³/mol. The van der Waals surface area contributed by atoms with Crippen molar-refractivity contribution in [2.45, 2.75) is 63.5 Å². The first-order valence-corrected chi connectivity index (χ1v) is 13.1. The van der Waals surface area contributed by atoms with E-state index in [2.05, 4.69) is 0 Å². The average molecular weight is 548 g/mol. The van der Waals surface area contributed by atoms with Gasteiger partial charge in [0.2, 0.25) is 5.91 Å². The number of hydrogen-bond acceptors (Lipinski definition) is 5. The highest BCUT2D eigenvalue weighted by Gasteiger charge is 2.57. The number of alkyl halides is 3. The van der Waals surface area contributed by atoms with Gasteiger partial charge in [0.15, 0.2) is 0 Å². The normalized spacial score (nSPS) is 20.0. The van der Waals surface area contributed by atoms with Crippen LogP contribution < -0.4 is 4.74 Å². The fraction of sp³-hybridized carbons (Fsp3) is 0.517. The fourth-order valence-corrected chi connectivity index (χ4v) is 5.44. The second-order valence-electron chi connectivity index (χ2n) is 11.2. The standard InChI is InChI=1S/C29H36F3N3O4/c1-27(2,3)39-26(37)34-18-15-28(16-19-34)25(36)35(17-14-20-6-12-23(38-5)13-7-20)24(33(28)4)21-8-10-22(11-9-21)29(30,31)32/h6-13,24H,14-19H2,1-5H3/t24-/m1/s1. The molecule has 212 valence electrons. The van der Waals surface area contributed by atoms with Crippen LogP contribution in [0.25, 0.3) is 0 Å². The lowest BCUT2D eigenvalue weighted by atomic mass is 9.86. The molecule has 2 saturated heterocycles. The Balaban J connectivity index is 1.59. The highest BCUT2D eigenvalue weighted by atomic mass is 19.4. The molecule has 2 fully saturated rings. The van der Waals surface area contributed by atoms with Crippen molar-refractivity contribution in [3.8, 4) is 5.75 Å². The zero-order chi connectivity index (χ0) is 28.6. The maximum absolute atomic E-state index is 14.1. The summed E-state index contributed by atoms with van der Waals surface area (Å²) in [6, 6.07) is 12.6.